The van der Waals surface area contributed by atoms with E-state index < -0.39 is 19.4 Å². The van der Waals surface area contributed by atoms with Gasteiger partial charge in [0.2, 0.25) is 0 Å². The molecule has 0 amide bonds. The standard InChI is InChI=1S/C18H32N4O2S2Si/c1-14(21-26(23)18(2,3)4)16-10-15(11-25-16)17-20-19-12-22(17)13-24-8-9-27(5,6)7/h10-12,14,21H,8-9,13H2,1-7H3. The minimum absolute atomic E-state index is 0.00757. The summed E-state index contributed by atoms with van der Waals surface area (Å²) in [4.78, 5) is 1.12. The van der Waals surface area contributed by atoms with Crippen LogP contribution in [0.15, 0.2) is 17.8 Å². The SMILES string of the molecule is CC(N[S+]([O-])C(C)(C)C)c1cc(-c2nncn2COCC[Si](C)(C)C)cs1. The van der Waals surface area contributed by atoms with Crippen molar-refractivity contribution in [3.63, 3.8) is 0 Å². The fourth-order valence-corrected chi connectivity index (χ4v) is 4.73. The van der Waals surface area contributed by atoms with Crippen molar-refractivity contribution in [3.05, 3.63) is 22.7 Å². The van der Waals surface area contributed by atoms with E-state index in [1.54, 1.807) is 17.7 Å². The molecule has 9 heteroatoms. The Labute approximate surface area is 171 Å². The van der Waals surface area contributed by atoms with Gasteiger partial charge in [-0.25, -0.2) is 0 Å². The largest absolute Gasteiger partial charge is 0.598 e. The number of rotatable bonds is 9. The van der Waals surface area contributed by atoms with Gasteiger partial charge in [0.15, 0.2) is 5.82 Å². The first-order valence-corrected chi connectivity index (χ1v) is 14.9. The zero-order valence-corrected chi connectivity index (χ0v) is 20.0. The van der Waals surface area contributed by atoms with Gasteiger partial charge in [-0.2, -0.15) is 0 Å². The molecular formula is C18H32N4O2S2Si. The Hall–Kier alpha value is -0.713. The third-order valence-corrected chi connectivity index (χ3v) is 8.49. The van der Waals surface area contributed by atoms with Crippen LogP contribution < -0.4 is 4.72 Å². The smallest absolute Gasteiger partial charge is 0.166 e. The van der Waals surface area contributed by atoms with Gasteiger partial charge >= 0.3 is 0 Å². The van der Waals surface area contributed by atoms with Crippen molar-refractivity contribution in [2.45, 2.75) is 70.9 Å². The summed E-state index contributed by atoms with van der Waals surface area (Å²) in [6, 6.07) is 3.24. The van der Waals surface area contributed by atoms with Crippen molar-refractivity contribution < 1.29 is 9.29 Å². The Morgan fingerprint density at radius 1 is 1.37 bits per heavy atom. The predicted octanol–water partition coefficient (Wildman–Crippen LogP) is 4.43. The van der Waals surface area contributed by atoms with Crippen LogP contribution in [0.2, 0.25) is 25.7 Å². The fraction of sp³-hybridized carbons (Fsp3) is 0.667. The molecule has 2 rings (SSSR count). The minimum atomic E-state index is -1.11. The Balaban J connectivity index is 1.99. The molecule has 0 saturated heterocycles. The lowest BCUT2D eigenvalue weighted by Crippen LogP contribution is -2.40. The summed E-state index contributed by atoms with van der Waals surface area (Å²) in [5.41, 5.74) is 1.01. The summed E-state index contributed by atoms with van der Waals surface area (Å²) in [5.74, 6) is 0.801. The van der Waals surface area contributed by atoms with Gasteiger partial charge in [-0.05, 0) is 39.8 Å². The molecule has 0 saturated carbocycles. The van der Waals surface area contributed by atoms with Gasteiger partial charge in [0.1, 0.15) is 17.8 Å². The molecule has 2 aromatic rings. The first-order valence-electron chi connectivity index (χ1n) is 9.20. The number of hydrogen-bond acceptors (Lipinski definition) is 6. The molecule has 0 bridgehead atoms. The van der Waals surface area contributed by atoms with E-state index in [-0.39, 0.29) is 10.8 Å². The van der Waals surface area contributed by atoms with E-state index in [0.717, 1.165) is 28.9 Å². The number of aromatic nitrogens is 3. The molecule has 2 heterocycles. The van der Waals surface area contributed by atoms with Crippen LogP contribution in [-0.2, 0) is 22.8 Å². The zero-order valence-electron chi connectivity index (χ0n) is 17.4. The maximum Gasteiger partial charge on any atom is 0.166 e. The second kappa shape index (κ2) is 9.19. The highest BCUT2D eigenvalue weighted by molar-refractivity contribution is 7.90. The van der Waals surface area contributed by atoms with E-state index in [1.165, 1.54) is 0 Å². The van der Waals surface area contributed by atoms with Crippen molar-refractivity contribution in [3.8, 4) is 11.4 Å². The number of nitrogens with zero attached hydrogens (tertiary/aromatic N) is 3. The summed E-state index contributed by atoms with van der Waals surface area (Å²) in [5, 5.41) is 10.4. The predicted molar refractivity (Wildman–Crippen MR) is 117 cm³/mol. The molecule has 0 spiro atoms. The van der Waals surface area contributed by atoms with E-state index in [0.29, 0.717) is 6.73 Å². The fourth-order valence-electron chi connectivity index (χ4n) is 2.21. The lowest BCUT2D eigenvalue weighted by molar-refractivity contribution is 0.0880. The van der Waals surface area contributed by atoms with Gasteiger partial charge in [-0.3, -0.25) is 4.57 Å². The Kier molecular flexibility index (Phi) is 7.68. The highest BCUT2D eigenvalue weighted by atomic mass is 32.2. The molecule has 2 unspecified atom stereocenters. The summed E-state index contributed by atoms with van der Waals surface area (Å²) in [6.45, 7) is 16.2. The molecule has 152 valence electrons. The van der Waals surface area contributed by atoms with Gasteiger partial charge in [0, 0.05) is 41.9 Å². The summed E-state index contributed by atoms with van der Waals surface area (Å²) < 4.78 is 23.0. The summed E-state index contributed by atoms with van der Waals surface area (Å²) in [6.07, 6.45) is 1.71. The number of nitrogens with one attached hydrogen (secondary N) is 1. The van der Waals surface area contributed by atoms with E-state index in [2.05, 4.69) is 46.0 Å². The van der Waals surface area contributed by atoms with Crippen LogP contribution in [0.4, 0.5) is 0 Å². The van der Waals surface area contributed by atoms with Crippen molar-refractivity contribution in [1.82, 2.24) is 19.5 Å². The number of thiophene rings is 1. The highest BCUT2D eigenvalue weighted by Crippen LogP contribution is 2.29. The first kappa shape index (κ1) is 22.6. The topological polar surface area (TPSA) is 75.0 Å². The normalized spacial score (nSPS) is 15.1. The summed E-state index contributed by atoms with van der Waals surface area (Å²) in [7, 11) is -1.09. The van der Waals surface area contributed by atoms with Crippen LogP contribution in [0.3, 0.4) is 0 Å². The van der Waals surface area contributed by atoms with Gasteiger partial charge < -0.3 is 9.29 Å². The Morgan fingerprint density at radius 3 is 2.70 bits per heavy atom. The van der Waals surface area contributed by atoms with Crippen LogP contribution in [0.1, 0.15) is 38.6 Å². The van der Waals surface area contributed by atoms with E-state index in [1.807, 2.05) is 32.3 Å². The lowest BCUT2D eigenvalue weighted by Gasteiger charge is -2.26. The maximum atomic E-state index is 12.3. The Bertz CT molecular complexity index is 722. The van der Waals surface area contributed by atoms with Crippen molar-refractivity contribution >= 4 is 30.8 Å². The van der Waals surface area contributed by atoms with Crippen LogP contribution in [0.5, 0.6) is 0 Å². The van der Waals surface area contributed by atoms with Gasteiger partial charge in [-0.1, -0.05) is 19.6 Å². The third-order valence-electron chi connectivity index (χ3n) is 3.99. The third kappa shape index (κ3) is 6.99. The number of ether oxygens (including phenoxy) is 1. The Morgan fingerprint density at radius 2 is 2.07 bits per heavy atom. The van der Waals surface area contributed by atoms with E-state index in [4.69, 9.17) is 4.74 Å². The molecule has 6 nitrogen and oxygen atoms in total. The van der Waals surface area contributed by atoms with Crippen LogP contribution in [0.25, 0.3) is 11.4 Å². The van der Waals surface area contributed by atoms with E-state index in [9.17, 15) is 4.55 Å². The molecule has 0 radical (unpaired) electrons. The highest BCUT2D eigenvalue weighted by Gasteiger charge is 2.28. The van der Waals surface area contributed by atoms with Gasteiger partial charge in [0.25, 0.3) is 0 Å². The number of hydrogen-bond donors (Lipinski definition) is 1. The zero-order chi connectivity index (χ0) is 20.2. The monoisotopic (exact) mass is 428 g/mol. The molecule has 2 atom stereocenters. The molecule has 27 heavy (non-hydrogen) atoms. The molecule has 0 aliphatic carbocycles. The van der Waals surface area contributed by atoms with Crippen LogP contribution in [-0.4, -0.2) is 38.7 Å². The first-order chi connectivity index (χ1) is 12.5. The van der Waals surface area contributed by atoms with Gasteiger partial charge in [-0.15, -0.1) is 26.3 Å². The van der Waals surface area contributed by atoms with Gasteiger partial charge in [0.05, 0.1) is 6.04 Å². The average Bonchev–Trinajstić information content (AvgIpc) is 3.18. The van der Waals surface area contributed by atoms with Crippen molar-refractivity contribution in [1.29, 1.82) is 0 Å². The average molecular weight is 429 g/mol. The van der Waals surface area contributed by atoms with Crippen molar-refractivity contribution in [2.24, 2.45) is 0 Å². The molecule has 0 aromatic carbocycles. The summed E-state index contributed by atoms with van der Waals surface area (Å²) >= 11 is 0.530. The van der Waals surface area contributed by atoms with E-state index >= 15 is 0 Å². The second-order valence-corrected chi connectivity index (χ2v) is 17.5. The molecule has 2 aromatic heterocycles. The maximum absolute atomic E-state index is 12.3. The molecular weight excluding hydrogens is 396 g/mol. The van der Waals surface area contributed by atoms with Crippen LogP contribution in [0, 0.1) is 0 Å². The second-order valence-electron chi connectivity index (χ2n) is 8.93. The molecule has 0 fully saturated rings. The van der Waals surface area contributed by atoms with Crippen molar-refractivity contribution in [2.75, 3.05) is 6.61 Å². The molecule has 0 aliphatic rings. The van der Waals surface area contributed by atoms with Crippen LogP contribution >= 0.6 is 11.3 Å². The lowest BCUT2D eigenvalue weighted by atomic mass is 10.2. The minimum Gasteiger partial charge on any atom is -0.598 e. The molecule has 1 N–H and O–H groups in total. The molecule has 0 aliphatic heterocycles. The quantitative estimate of drug-likeness (QED) is 0.363.